The molecule has 0 saturated heterocycles. The number of anilines is 1. The van der Waals surface area contributed by atoms with E-state index in [4.69, 9.17) is 16.3 Å². The summed E-state index contributed by atoms with van der Waals surface area (Å²) in [7, 11) is 0. The minimum atomic E-state index is -0.382. The number of rotatable bonds is 9. The number of nitrogens with zero attached hydrogens (tertiary/aromatic N) is 3. The predicted molar refractivity (Wildman–Crippen MR) is 125 cm³/mol. The van der Waals surface area contributed by atoms with Crippen LogP contribution in [0.25, 0.3) is 5.69 Å². The van der Waals surface area contributed by atoms with Crippen molar-refractivity contribution < 1.29 is 14.3 Å². The maximum absolute atomic E-state index is 12.1. The van der Waals surface area contributed by atoms with Crippen LogP contribution in [0.2, 0.25) is 5.15 Å². The van der Waals surface area contributed by atoms with E-state index in [2.05, 4.69) is 20.9 Å². The smallest absolute Gasteiger partial charge is 0.240 e. The lowest BCUT2D eigenvalue weighted by molar-refractivity contribution is -0.124. The maximum Gasteiger partial charge on any atom is 0.240 e. The van der Waals surface area contributed by atoms with E-state index in [1.165, 1.54) is 6.21 Å². The average Bonchev–Trinajstić information content (AvgIpc) is 3.08. The molecule has 166 valence electrons. The summed E-state index contributed by atoms with van der Waals surface area (Å²) >= 11 is 6.42. The molecule has 0 radical (unpaired) electrons. The van der Waals surface area contributed by atoms with Crippen LogP contribution < -0.4 is 15.5 Å². The van der Waals surface area contributed by atoms with Gasteiger partial charge in [0.25, 0.3) is 0 Å². The van der Waals surface area contributed by atoms with Crippen molar-refractivity contribution in [3.63, 3.8) is 0 Å². The van der Waals surface area contributed by atoms with Crippen molar-refractivity contribution in [1.29, 1.82) is 0 Å². The Kier molecular flexibility index (Phi) is 7.99. The van der Waals surface area contributed by atoms with Gasteiger partial charge in [-0.15, -0.1) is 0 Å². The number of hydrogen-bond donors (Lipinski definition) is 2. The number of ether oxygens (including phenoxy) is 1. The molecule has 0 spiro atoms. The van der Waals surface area contributed by atoms with Crippen LogP contribution in [0, 0.1) is 6.92 Å². The third-order valence-electron chi connectivity index (χ3n) is 4.46. The molecule has 2 N–H and O–H groups in total. The number of hydrogen-bond acceptors (Lipinski definition) is 5. The van der Waals surface area contributed by atoms with Crippen molar-refractivity contribution in [1.82, 2.24) is 15.2 Å². The minimum absolute atomic E-state index is 0.00378. The van der Waals surface area contributed by atoms with E-state index in [1.54, 1.807) is 35.9 Å². The quantitative estimate of drug-likeness (QED) is 0.376. The molecule has 2 amide bonds. The summed E-state index contributed by atoms with van der Waals surface area (Å²) < 4.78 is 6.96. The molecular formula is C23H24ClN5O3. The highest BCUT2D eigenvalue weighted by molar-refractivity contribution is 6.32. The first-order valence-corrected chi connectivity index (χ1v) is 10.5. The molecule has 0 fully saturated rings. The molecule has 0 aliphatic rings. The molecule has 8 nitrogen and oxygen atoms in total. The first kappa shape index (κ1) is 23.0. The van der Waals surface area contributed by atoms with Gasteiger partial charge in [0.1, 0.15) is 10.9 Å². The number of aromatic nitrogens is 2. The fourth-order valence-electron chi connectivity index (χ4n) is 2.87. The van der Waals surface area contributed by atoms with Gasteiger partial charge in [0.15, 0.2) is 0 Å². The molecule has 3 aromatic rings. The van der Waals surface area contributed by atoms with Crippen LogP contribution in [-0.2, 0) is 9.59 Å². The van der Waals surface area contributed by atoms with Crippen LogP contribution in [-0.4, -0.2) is 34.4 Å². The highest BCUT2D eigenvalue weighted by atomic mass is 35.5. The van der Waals surface area contributed by atoms with Gasteiger partial charge in [0, 0.05) is 18.5 Å². The molecule has 1 aromatic heterocycles. The van der Waals surface area contributed by atoms with Crippen molar-refractivity contribution in [2.24, 2.45) is 5.10 Å². The van der Waals surface area contributed by atoms with E-state index >= 15 is 0 Å². The number of halogens is 1. The summed E-state index contributed by atoms with van der Waals surface area (Å²) in [5.41, 5.74) is 5.15. The Morgan fingerprint density at radius 2 is 1.78 bits per heavy atom. The number of amides is 2. The molecule has 0 aliphatic heterocycles. The molecule has 0 unspecified atom stereocenters. The maximum atomic E-state index is 12.1. The van der Waals surface area contributed by atoms with Crippen LogP contribution in [0.5, 0.6) is 5.75 Å². The van der Waals surface area contributed by atoms with Crippen molar-refractivity contribution in [2.75, 3.05) is 11.9 Å². The van der Waals surface area contributed by atoms with Gasteiger partial charge in [-0.1, -0.05) is 29.8 Å². The third-order valence-corrected chi connectivity index (χ3v) is 4.82. The summed E-state index contributed by atoms with van der Waals surface area (Å²) in [6.07, 6.45) is 1.47. The molecule has 0 bridgehead atoms. The monoisotopic (exact) mass is 453 g/mol. The number of benzene rings is 2. The van der Waals surface area contributed by atoms with Crippen molar-refractivity contribution in [2.45, 2.75) is 26.7 Å². The number of para-hydroxylation sites is 1. The van der Waals surface area contributed by atoms with Crippen molar-refractivity contribution >= 4 is 35.3 Å². The summed E-state index contributed by atoms with van der Waals surface area (Å²) in [6, 6.07) is 16.5. The van der Waals surface area contributed by atoms with Crippen molar-refractivity contribution in [3.05, 3.63) is 71.0 Å². The van der Waals surface area contributed by atoms with Gasteiger partial charge in [0.2, 0.25) is 11.8 Å². The van der Waals surface area contributed by atoms with Crippen LogP contribution in [0.4, 0.5) is 5.69 Å². The van der Waals surface area contributed by atoms with E-state index in [0.29, 0.717) is 28.7 Å². The van der Waals surface area contributed by atoms with E-state index in [-0.39, 0.29) is 24.7 Å². The lowest BCUT2D eigenvalue weighted by Gasteiger charge is -2.07. The van der Waals surface area contributed by atoms with E-state index < -0.39 is 0 Å². The largest absolute Gasteiger partial charge is 0.494 e. The van der Waals surface area contributed by atoms with Gasteiger partial charge in [-0.2, -0.15) is 10.2 Å². The van der Waals surface area contributed by atoms with Crippen LogP contribution in [0.1, 0.15) is 31.0 Å². The van der Waals surface area contributed by atoms with Gasteiger partial charge in [-0.3, -0.25) is 9.59 Å². The summed E-state index contributed by atoms with van der Waals surface area (Å²) in [4.78, 5) is 24.1. The van der Waals surface area contributed by atoms with Gasteiger partial charge in [-0.25, -0.2) is 10.1 Å². The predicted octanol–water partition coefficient (Wildman–Crippen LogP) is 4.10. The highest BCUT2D eigenvalue weighted by Gasteiger charge is 2.13. The lowest BCUT2D eigenvalue weighted by Crippen LogP contribution is -2.20. The zero-order valence-electron chi connectivity index (χ0n) is 17.8. The molecule has 1 heterocycles. The summed E-state index contributed by atoms with van der Waals surface area (Å²) in [5.74, 6) is 0.0797. The van der Waals surface area contributed by atoms with Crippen LogP contribution in [0.3, 0.4) is 0 Å². The molecule has 9 heteroatoms. The van der Waals surface area contributed by atoms with Gasteiger partial charge in [-0.05, 0) is 50.2 Å². The summed E-state index contributed by atoms with van der Waals surface area (Å²) in [5, 5.41) is 11.5. The fraction of sp³-hybridized carbons (Fsp3) is 0.217. The van der Waals surface area contributed by atoms with Gasteiger partial charge >= 0.3 is 0 Å². The number of carbonyl (C=O) groups is 2. The Morgan fingerprint density at radius 1 is 1.09 bits per heavy atom. The van der Waals surface area contributed by atoms with Crippen molar-refractivity contribution in [3.8, 4) is 11.4 Å². The first-order valence-electron chi connectivity index (χ1n) is 10.1. The molecule has 32 heavy (non-hydrogen) atoms. The molecule has 0 atom stereocenters. The van der Waals surface area contributed by atoms with Crippen LogP contribution >= 0.6 is 11.6 Å². The Hall–Kier alpha value is -3.65. The zero-order valence-corrected chi connectivity index (χ0v) is 18.6. The third kappa shape index (κ3) is 6.18. The number of carbonyl (C=O) groups excluding carboxylic acids is 2. The van der Waals surface area contributed by atoms with Gasteiger partial charge in [0.05, 0.1) is 29.8 Å². The first-order chi connectivity index (χ1) is 15.5. The minimum Gasteiger partial charge on any atom is -0.494 e. The van der Waals surface area contributed by atoms with Gasteiger partial charge < -0.3 is 10.1 Å². The Labute approximate surface area is 191 Å². The van der Waals surface area contributed by atoms with E-state index in [1.807, 2.05) is 37.3 Å². The molecule has 0 saturated carbocycles. The topological polar surface area (TPSA) is 97.6 Å². The fourth-order valence-corrected chi connectivity index (χ4v) is 3.20. The standard InChI is InChI=1S/C23H24ClN5O3/c1-3-32-19-11-9-17(10-12-19)26-21(30)13-14-22(31)27-25-15-20-16(2)28-29(23(20)24)18-7-5-4-6-8-18/h4-12,15H,3,13-14H2,1-2H3,(H,26,30)(H,27,31)/b25-15+. The van der Waals surface area contributed by atoms with E-state index in [9.17, 15) is 9.59 Å². The lowest BCUT2D eigenvalue weighted by atomic mass is 10.2. The van der Waals surface area contributed by atoms with Crippen LogP contribution in [0.15, 0.2) is 59.7 Å². The Balaban J connectivity index is 1.48. The summed E-state index contributed by atoms with van der Waals surface area (Å²) in [6.45, 7) is 4.28. The molecular weight excluding hydrogens is 430 g/mol. The average molecular weight is 454 g/mol. The second-order valence-corrected chi connectivity index (χ2v) is 7.19. The normalized spacial score (nSPS) is 10.8. The number of hydrazone groups is 1. The van der Waals surface area contributed by atoms with E-state index in [0.717, 1.165) is 11.4 Å². The number of nitrogens with one attached hydrogen (secondary N) is 2. The second-order valence-electron chi connectivity index (χ2n) is 6.84. The number of aryl methyl sites for hydroxylation is 1. The Morgan fingerprint density at radius 3 is 2.47 bits per heavy atom. The Bertz CT molecular complexity index is 1090. The molecule has 3 rings (SSSR count). The highest BCUT2D eigenvalue weighted by Crippen LogP contribution is 2.22. The zero-order chi connectivity index (χ0) is 22.9. The SMILES string of the molecule is CCOc1ccc(NC(=O)CCC(=O)N/N=C/c2c(C)nn(-c3ccccc3)c2Cl)cc1. The molecule has 2 aromatic carbocycles. The second kappa shape index (κ2) is 11.1. The molecule has 0 aliphatic carbocycles.